The maximum absolute atomic E-state index is 12.2. The van der Waals surface area contributed by atoms with Crippen LogP contribution in [0.25, 0.3) is 0 Å². The highest BCUT2D eigenvalue weighted by molar-refractivity contribution is 5.87. The number of nitrogens with zero attached hydrogens (tertiary/aromatic N) is 2. The number of anilines is 1. The van der Waals surface area contributed by atoms with E-state index >= 15 is 0 Å². The molecule has 1 aromatic rings. The van der Waals surface area contributed by atoms with E-state index < -0.39 is 0 Å². The van der Waals surface area contributed by atoms with Gasteiger partial charge in [-0.2, -0.15) is 5.26 Å². The predicted octanol–water partition coefficient (Wildman–Crippen LogP) is 1.64. The zero-order valence-corrected chi connectivity index (χ0v) is 10.7. The summed E-state index contributed by atoms with van der Waals surface area (Å²) < 4.78 is 0. The quantitative estimate of drug-likeness (QED) is 0.878. The van der Waals surface area contributed by atoms with Crippen molar-refractivity contribution in [3.8, 4) is 6.07 Å². The summed E-state index contributed by atoms with van der Waals surface area (Å²) in [7, 11) is 1.75. The van der Waals surface area contributed by atoms with Crippen molar-refractivity contribution in [3.05, 3.63) is 29.8 Å². The van der Waals surface area contributed by atoms with Crippen LogP contribution >= 0.6 is 0 Å². The smallest absolute Gasteiger partial charge is 0.245 e. The Hall–Kier alpha value is -2.02. The summed E-state index contributed by atoms with van der Waals surface area (Å²) >= 11 is 0. The molecule has 0 spiro atoms. The van der Waals surface area contributed by atoms with Crippen molar-refractivity contribution in [1.29, 1.82) is 5.26 Å². The van der Waals surface area contributed by atoms with Crippen molar-refractivity contribution in [2.24, 2.45) is 5.92 Å². The zero-order valence-electron chi connectivity index (χ0n) is 10.7. The molecule has 2 rings (SSSR count). The van der Waals surface area contributed by atoms with Gasteiger partial charge in [0.05, 0.1) is 12.0 Å². The second kappa shape index (κ2) is 5.09. The number of hydrogen-bond acceptors (Lipinski definition) is 3. The molecule has 2 atom stereocenters. The van der Waals surface area contributed by atoms with Gasteiger partial charge in [0.25, 0.3) is 0 Å². The van der Waals surface area contributed by atoms with Crippen molar-refractivity contribution in [2.45, 2.75) is 19.4 Å². The van der Waals surface area contributed by atoms with Crippen LogP contribution < -0.4 is 5.32 Å². The van der Waals surface area contributed by atoms with E-state index in [0.29, 0.717) is 6.54 Å². The Balaban J connectivity index is 1.99. The Bertz CT molecular complexity index is 467. The predicted molar refractivity (Wildman–Crippen MR) is 70.0 cm³/mol. The minimum atomic E-state index is -0.196. The number of nitriles is 1. The lowest BCUT2D eigenvalue weighted by Crippen LogP contribution is -2.41. The summed E-state index contributed by atoms with van der Waals surface area (Å²) in [4.78, 5) is 13.9. The van der Waals surface area contributed by atoms with Crippen LogP contribution in [0.1, 0.15) is 12.5 Å². The molecule has 1 aliphatic heterocycles. The molecule has 1 amide bonds. The summed E-state index contributed by atoms with van der Waals surface area (Å²) in [6.45, 7) is 2.30. The van der Waals surface area contributed by atoms with E-state index in [4.69, 9.17) is 5.26 Å². The topological polar surface area (TPSA) is 56.1 Å². The average molecular weight is 243 g/mol. The summed E-state index contributed by atoms with van der Waals surface area (Å²) in [5, 5.41) is 12.0. The molecule has 0 aliphatic carbocycles. The highest BCUT2D eigenvalue weighted by atomic mass is 16.2. The molecule has 1 aromatic carbocycles. The molecule has 18 heavy (non-hydrogen) atoms. The van der Waals surface area contributed by atoms with Crippen LogP contribution in [-0.2, 0) is 11.2 Å². The largest absolute Gasteiger partial charge is 0.373 e. The lowest BCUT2D eigenvalue weighted by atomic mass is 10.1. The molecular formula is C14H17N3O. The third-order valence-corrected chi connectivity index (χ3v) is 3.21. The molecule has 1 heterocycles. The minimum absolute atomic E-state index is 0.0494. The van der Waals surface area contributed by atoms with Crippen LogP contribution in [-0.4, -0.2) is 30.4 Å². The average Bonchev–Trinajstić information content (AvgIpc) is 2.81. The first kappa shape index (κ1) is 12.4. The number of carbonyl (C=O) groups excluding carboxylic acids is 1. The second-order valence-corrected chi connectivity index (χ2v) is 4.81. The van der Waals surface area contributed by atoms with Crippen molar-refractivity contribution >= 4 is 11.6 Å². The van der Waals surface area contributed by atoms with Gasteiger partial charge in [0.2, 0.25) is 5.91 Å². The van der Waals surface area contributed by atoms with E-state index in [1.165, 1.54) is 5.56 Å². The fourth-order valence-corrected chi connectivity index (χ4v) is 2.25. The molecule has 4 nitrogen and oxygen atoms in total. The molecule has 0 bridgehead atoms. The maximum atomic E-state index is 12.2. The first-order valence-corrected chi connectivity index (χ1v) is 6.11. The molecular weight excluding hydrogens is 226 g/mol. The molecule has 0 saturated heterocycles. The van der Waals surface area contributed by atoms with E-state index in [2.05, 4.69) is 11.4 Å². The van der Waals surface area contributed by atoms with E-state index in [0.717, 1.165) is 12.1 Å². The van der Waals surface area contributed by atoms with E-state index in [1.54, 1.807) is 11.9 Å². The Morgan fingerprint density at radius 2 is 2.33 bits per heavy atom. The molecule has 4 heteroatoms. The number of fused-ring (bicyclic) bond motifs is 1. The van der Waals surface area contributed by atoms with Gasteiger partial charge in [0.1, 0.15) is 6.04 Å². The lowest BCUT2D eigenvalue weighted by Gasteiger charge is -2.22. The summed E-state index contributed by atoms with van der Waals surface area (Å²) in [6, 6.07) is 9.91. The van der Waals surface area contributed by atoms with Gasteiger partial charge >= 0.3 is 0 Å². The van der Waals surface area contributed by atoms with Gasteiger partial charge in [-0.05, 0) is 18.6 Å². The van der Waals surface area contributed by atoms with Gasteiger partial charge in [-0.1, -0.05) is 18.2 Å². The second-order valence-electron chi connectivity index (χ2n) is 4.81. The Kier molecular flexibility index (Phi) is 3.52. The Labute approximate surface area is 107 Å². The highest BCUT2D eigenvalue weighted by Gasteiger charge is 2.28. The molecule has 1 unspecified atom stereocenters. The van der Waals surface area contributed by atoms with Crippen molar-refractivity contribution in [3.63, 3.8) is 0 Å². The Morgan fingerprint density at radius 1 is 1.61 bits per heavy atom. The normalized spacial score (nSPS) is 18.4. The van der Waals surface area contributed by atoms with Gasteiger partial charge in [0, 0.05) is 25.7 Å². The fourth-order valence-electron chi connectivity index (χ4n) is 2.25. The third kappa shape index (κ3) is 2.45. The number of nitrogens with one attached hydrogen (secondary N) is 1. The monoisotopic (exact) mass is 243 g/mol. The summed E-state index contributed by atoms with van der Waals surface area (Å²) in [5.41, 5.74) is 2.22. The van der Waals surface area contributed by atoms with E-state index in [-0.39, 0.29) is 17.9 Å². The van der Waals surface area contributed by atoms with Crippen molar-refractivity contribution in [2.75, 3.05) is 18.9 Å². The molecule has 94 valence electrons. The van der Waals surface area contributed by atoms with Crippen LogP contribution in [0.3, 0.4) is 0 Å². The van der Waals surface area contributed by atoms with Gasteiger partial charge in [-0.15, -0.1) is 0 Å². The van der Waals surface area contributed by atoms with Crippen molar-refractivity contribution < 1.29 is 4.79 Å². The fraction of sp³-hybridized carbons (Fsp3) is 0.429. The number of likely N-dealkylation sites (N-methyl/N-ethyl adjacent to an activating group) is 1. The summed E-state index contributed by atoms with van der Waals surface area (Å²) in [5.74, 6) is -0.0870. The highest BCUT2D eigenvalue weighted by Crippen LogP contribution is 2.25. The lowest BCUT2D eigenvalue weighted by molar-refractivity contribution is -0.130. The van der Waals surface area contributed by atoms with E-state index in [1.807, 2.05) is 31.2 Å². The number of carbonyl (C=O) groups is 1. The van der Waals surface area contributed by atoms with E-state index in [9.17, 15) is 4.79 Å². The van der Waals surface area contributed by atoms with Gasteiger partial charge < -0.3 is 10.2 Å². The first-order chi connectivity index (χ1) is 8.61. The molecule has 1 aliphatic rings. The Morgan fingerprint density at radius 3 is 3.00 bits per heavy atom. The molecule has 0 saturated carbocycles. The van der Waals surface area contributed by atoms with Crippen LogP contribution in [0.4, 0.5) is 5.69 Å². The zero-order chi connectivity index (χ0) is 13.1. The minimum Gasteiger partial charge on any atom is -0.373 e. The van der Waals surface area contributed by atoms with Gasteiger partial charge in [-0.25, -0.2) is 0 Å². The van der Waals surface area contributed by atoms with Crippen LogP contribution in [0.2, 0.25) is 0 Å². The molecule has 0 fully saturated rings. The van der Waals surface area contributed by atoms with Gasteiger partial charge in [0.15, 0.2) is 0 Å². The van der Waals surface area contributed by atoms with Crippen LogP contribution in [0, 0.1) is 17.2 Å². The summed E-state index contributed by atoms with van der Waals surface area (Å²) in [6.07, 6.45) is 0.723. The number of rotatable bonds is 3. The number of amides is 1. The number of para-hydroxylation sites is 1. The standard InChI is InChI=1S/C14H17N3O/c1-10(8-15)9-17(2)14(18)13-7-11-5-3-4-6-12(11)16-13/h3-6,10,13,16H,7,9H2,1-2H3/t10?,13-/m0/s1. The molecule has 0 aromatic heterocycles. The number of hydrogen-bond donors (Lipinski definition) is 1. The maximum Gasteiger partial charge on any atom is 0.245 e. The third-order valence-electron chi connectivity index (χ3n) is 3.21. The first-order valence-electron chi connectivity index (χ1n) is 6.11. The van der Waals surface area contributed by atoms with Crippen molar-refractivity contribution in [1.82, 2.24) is 4.90 Å². The number of benzene rings is 1. The molecule has 0 radical (unpaired) electrons. The molecule has 1 N–H and O–H groups in total. The van der Waals surface area contributed by atoms with Gasteiger partial charge in [-0.3, -0.25) is 4.79 Å². The van der Waals surface area contributed by atoms with Crippen LogP contribution in [0.5, 0.6) is 0 Å². The SMILES string of the molecule is CC(C#N)CN(C)C(=O)[C@@H]1Cc2ccccc2N1. The van der Waals surface area contributed by atoms with Crippen LogP contribution in [0.15, 0.2) is 24.3 Å².